The van der Waals surface area contributed by atoms with Crippen LogP contribution in [-0.4, -0.2) is 30.5 Å². The topological polar surface area (TPSA) is 108 Å². The smallest absolute Gasteiger partial charge is 0.341 e. The fourth-order valence-electron chi connectivity index (χ4n) is 3.01. The van der Waals surface area contributed by atoms with E-state index in [9.17, 15) is 19.7 Å². The minimum atomic E-state index is -0.556. The predicted molar refractivity (Wildman–Crippen MR) is 99.6 cm³/mol. The van der Waals surface area contributed by atoms with Gasteiger partial charge >= 0.3 is 11.7 Å². The molecular formula is C18H18N2O6S. The van der Waals surface area contributed by atoms with Gasteiger partial charge in [-0.3, -0.25) is 14.9 Å². The minimum absolute atomic E-state index is 0.0163. The molecule has 0 spiro atoms. The highest BCUT2D eigenvalue weighted by atomic mass is 32.1. The lowest BCUT2D eigenvalue weighted by molar-refractivity contribution is -0.385. The van der Waals surface area contributed by atoms with Crippen molar-refractivity contribution in [2.75, 3.05) is 19.0 Å². The monoisotopic (exact) mass is 390 g/mol. The van der Waals surface area contributed by atoms with Crippen molar-refractivity contribution in [2.45, 2.75) is 26.2 Å². The number of anilines is 1. The van der Waals surface area contributed by atoms with Crippen LogP contribution in [0.3, 0.4) is 0 Å². The van der Waals surface area contributed by atoms with Gasteiger partial charge < -0.3 is 14.8 Å². The number of hydrogen-bond acceptors (Lipinski definition) is 7. The number of nitrogens with zero attached hydrogens (tertiary/aromatic N) is 1. The van der Waals surface area contributed by atoms with E-state index in [0.717, 1.165) is 29.7 Å². The van der Waals surface area contributed by atoms with E-state index in [4.69, 9.17) is 9.47 Å². The Morgan fingerprint density at radius 1 is 1.33 bits per heavy atom. The molecule has 142 valence electrons. The third-order valence-corrected chi connectivity index (χ3v) is 5.44. The quantitative estimate of drug-likeness (QED) is 0.461. The summed E-state index contributed by atoms with van der Waals surface area (Å²) < 4.78 is 10.2. The SMILES string of the molecule is COC(=O)c1c(NC(=O)COc2ccc(C)cc2[N+](=O)[O-])sc2c1CCC2. The van der Waals surface area contributed by atoms with E-state index >= 15 is 0 Å². The Balaban J connectivity index is 1.73. The third-order valence-electron chi connectivity index (χ3n) is 4.23. The van der Waals surface area contributed by atoms with Crippen LogP contribution in [0.15, 0.2) is 18.2 Å². The highest BCUT2D eigenvalue weighted by Crippen LogP contribution is 2.39. The number of carbonyl (C=O) groups excluding carboxylic acids is 2. The predicted octanol–water partition coefficient (Wildman–Crippen LogP) is 3.26. The molecule has 0 saturated carbocycles. The van der Waals surface area contributed by atoms with Gasteiger partial charge in [-0.2, -0.15) is 0 Å². The number of aryl methyl sites for hydroxylation is 2. The van der Waals surface area contributed by atoms with Crippen LogP contribution in [0, 0.1) is 17.0 Å². The second-order valence-electron chi connectivity index (χ2n) is 6.12. The Morgan fingerprint density at radius 2 is 2.11 bits per heavy atom. The van der Waals surface area contributed by atoms with Gasteiger partial charge in [-0.1, -0.05) is 6.07 Å². The normalized spacial score (nSPS) is 12.4. The van der Waals surface area contributed by atoms with Gasteiger partial charge in [0.2, 0.25) is 0 Å². The number of fused-ring (bicyclic) bond motifs is 1. The van der Waals surface area contributed by atoms with Crippen molar-refractivity contribution in [1.82, 2.24) is 0 Å². The summed E-state index contributed by atoms with van der Waals surface area (Å²) in [5, 5.41) is 14.2. The molecule has 9 heteroatoms. The van der Waals surface area contributed by atoms with Crippen molar-refractivity contribution in [3.63, 3.8) is 0 Å². The maximum Gasteiger partial charge on any atom is 0.341 e. The van der Waals surface area contributed by atoms with Crippen molar-refractivity contribution in [2.24, 2.45) is 0 Å². The van der Waals surface area contributed by atoms with E-state index in [-0.39, 0.29) is 11.4 Å². The molecule has 8 nitrogen and oxygen atoms in total. The molecule has 1 aliphatic carbocycles. The Hall–Kier alpha value is -2.94. The fraction of sp³-hybridized carbons (Fsp3) is 0.333. The van der Waals surface area contributed by atoms with Crippen molar-refractivity contribution in [3.8, 4) is 5.75 Å². The lowest BCUT2D eigenvalue weighted by Crippen LogP contribution is -2.21. The Bertz CT molecular complexity index is 921. The maximum absolute atomic E-state index is 12.3. The molecule has 1 aromatic heterocycles. The van der Waals surface area contributed by atoms with Crippen LogP contribution in [0.25, 0.3) is 0 Å². The largest absolute Gasteiger partial charge is 0.477 e. The van der Waals surface area contributed by atoms with Crippen molar-refractivity contribution < 1.29 is 24.0 Å². The summed E-state index contributed by atoms with van der Waals surface area (Å²) in [4.78, 5) is 36.0. The number of nitro benzene ring substituents is 1. The van der Waals surface area contributed by atoms with Crippen LogP contribution in [0.1, 0.15) is 32.8 Å². The Labute approximate surface area is 159 Å². The van der Waals surface area contributed by atoms with E-state index in [1.807, 2.05) is 0 Å². The van der Waals surface area contributed by atoms with Crippen LogP contribution in [0.5, 0.6) is 5.75 Å². The zero-order chi connectivity index (χ0) is 19.6. The second kappa shape index (κ2) is 7.75. The third kappa shape index (κ3) is 3.92. The first-order valence-corrected chi connectivity index (χ1v) is 9.13. The second-order valence-corrected chi connectivity index (χ2v) is 7.22. The molecule has 0 atom stereocenters. The number of nitro groups is 1. The summed E-state index contributed by atoms with van der Waals surface area (Å²) in [6, 6.07) is 4.51. The zero-order valence-corrected chi connectivity index (χ0v) is 15.7. The molecule has 1 heterocycles. The van der Waals surface area contributed by atoms with Gasteiger partial charge in [-0.25, -0.2) is 4.79 Å². The van der Waals surface area contributed by atoms with Gasteiger partial charge in [-0.05, 0) is 43.4 Å². The lowest BCUT2D eigenvalue weighted by Gasteiger charge is -2.09. The summed E-state index contributed by atoms with van der Waals surface area (Å²) in [7, 11) is 1.30. The number of benzene rings is 1. The maximum atomic E-state index is 12.3. The highest BCUT2D eigenvalue weighted by Gasteiger charge is 2.28. The summed E-state index contributed by atoms with van der Waals surface area (Å²) in [5.74, 6) is -0.975. The van der Waals surface area contributed by atoms with Gasteiger partial charge in [0.15, 0.2) is 12.4 Å². The van der Waals surface area contributed by atoms with E-state index < -0.39 is 23.4 Å². The van der Waals surface area contributed by atoms with Crippen LogP contribution in [0.2, 0.25) is 0 Å². The molecule has 0 bridgehead atoms. The van der Waals surface area contributed by atoms with Crippen molar-refractivity contribution >= 4 is 33.9 Å². The summed E-state index contributed by atoms with van der Waals surface area (Å²) in [6.45, 7) is 1.32. The number of thiophene rings is 1. The van der Waals surface area contributed by atoms with Crippen LogP contribution >= 0.6 is 11.3 Å². The number of esters is 1. The van der Waals surface area contributed by atoms with E-state index in [1.165, 1.54) is 30.6 Å². The summed E-state index contributed by atoms with van der Waals surface area (Å²) >= 11 is 1.36. The zero-order valence-electron chi connectivity index (χ0n) is 14.9. The minimum Gasteiger partial charge on any atom is -0.477 e. The molecule has 0 unspecified atom stereocenters. The molecule has 0 fully saturated rings. The first kappa shape index (κ1) is 18.8. The van der Waals surface area contributed by atoms with Gasteiger partial charge in [-0.15, -0.1) is 11.3 Å². The Kier molecular flexibility index (Phi) is 5.41. The molecule has 2 aromatic rings. The number of methoxy groups -OCH3 is 1. The Morgan fingerprint density at radius 3 is 2.81 bits per heavy atom. The number of nitrogens with one attached hydrogen (secondary N) is 1. The van der Waals surface area contributed by atoms with E-state index in [2.05, 4.69) is 5.32 Å². The lowest BCUT2D eigenvalue weighted by atomic mass is 10.1. The number of carbonyl (C=O) groups is 2. The number of hydrogen-bond donors (Lipinski definition) is 1. The number of ether oxygens (including phenoxy) is 2. The molecular weight excluding hydrogens is 372 g/mol. The molecule has 3 rings (SSSR count). The molecule has 27 heavy (non-hydrogen) atoms. The molecule has 1 N–H and O–H groups in total. The molecule has 1 aliphatic rings. The van der Waals surface area contributed by atoms with Gasteiger partial charge in [0.1, 0.15) is 5.00 Å². The fourth-order valence-corrected chi connectivity index (χ4v) is 4.30. The first-order valence-electron chi connectivity index (χ1n) is 8.31. The molecule has 0 aliphatic heterocycles. The van der Waals surface area contributed by atoms with Crippen LogP contribution < -0.4 is 10.1 Å². The van der Waals surface area contributed by atoms with Crippen molar-refractivity contribution in [3.05, 3.63) is 49.9 Å². The average molecular weight is 390 g/mol. The molecule has 1 aromatic carbocycles. The first-order chi connectivity index (χ1) is 12.9. The summed E-state index contributed by atoms with van der Waals surface area (Å²) in [5.41, 5.74) is 1.84. The van der Waals surface area contributed by atoms with Gasteiger partial charge in [0, 0.05) is 10.9 Å². The van der Waals surface area contributed by atoms with Gasteiger partial charge in [0.25, 0.3) is 5.91 Å². The summed E-state index contributed by atoms with van der Waals surface area (Å²) in [6.07, 6.45) is 2.61. The number of amides is 1. The van der Waals surface area contributed by atoms with Gasteiger partial charge in [0.05, 0.1) is 17.6 Å². The number of rotatable bonds is 6. The van der Waals surface area contributed by atoms with Crippen LogP contribution in [-0.2, 0) is 22.4 Å². The molecule has 0 saturated heterocycles. The van der Waals surface area contributed by atoms with Crippen LogP contribution in [0.4, 0.5) is 10.7 Å². The van der Waals surface area contributed by atoms with E-state index in [0.29, 0.717) is 16.1 Å². The average Bonchev–Trinajstić information content (AvgIpc) is 3.20. The van der Waals surface area contributed by atoms with E-state index in [1.54, 1.807) is 13.0 Å². The standard InChI is InChI=1S/C18H18N2O6S/c1-10-6-7-13(12(8-10)20(23)24)26-9-15(21)19-17-16(18(22)25-2)11-4-3-5-14(11)27-17/h6-8H,3-5,9H2,1-2H3,(H,19,21). The molecule has 1 amide bonds. The highest BCUT2D eigenvalue weighted by molar-refractivity contribution is 7.17. The molecule has 0 radical (unpaired) electrons. The van der Waals surface area contributed by atoms with Crippen molar-refractivity contribution in [1.29, 1.82) is 0 Å².